The maximum atomic E-state index is 12.1. The Morgan fingerprint density at radius 1 is 1.46 bits per heavy atom. The first kappa shape index (κ1) is 8.91. The molecular weight excluding hydrogens is 176 g/mol. The minimum atomic E-state index is -2.28. The van der Waals surface area contributed by atoms with Crippen molar-refractivity contribution in [1.29, 1.82) is 0 Å². The number of nitrogens with one attached hydrogen (secondary N) is 1. The van der Waals surface area contributed by atoms with E-state index < -0.39 is 12.3 Å². The van der Waals surface area contributed by atoms with Crippen molar-refractivity contribution < 1.29 is 13.6 Å². The lowest BCUT2D eigenvalue weighted by molar-refractivity contribution is -0.122. The average molecular weight is 189 g/mol. The van der Waals surface area contributed by atoms with Gasteiger partial charge in [0.2, 0.25) is 12.3 Å². The molecule has 0 saturated heterocycles. The molecule has 1 N–H and O–H groups in total. The van der Waals surface area contributed by atoms with Gasteiger partial charge in [0, 0.05) is 17.9 Å². The summed E-state index contributed by atoms with van der Waals surface area (Å²) in [4.78, 5) is 11.3. The summed E-state index contributed by atoms with van der Waals surface area (Å²) in [7, 11) is 0. The summed E-state index contributed by atoms with van der Waals surface area (Å²) in [6.07, 6.45) is -0.912. The molecule has 2 saturated carbocycles. The normalized spacial score (nSPS) is 41.8. The number of amides is 1. The van der Waals surface area contributed by atoms with Gasteiger partial charge in [-0.1, -0.05) is 6.92 Å². The predicted molar refractivity (Wildman–Crippen MR) is 43.3 cm³/mol. The molecule has 0 bridgehead atoms. The van der Waals surface area contributed by atoms with E-state index >= 15 is 0 Å². The monoisotopic (exact) mass is 189 g/mol. The van der Waals surface area contributed by atoms with Crippen LogP contribution in [0.15, 0.2) is 0 Å². The van der Waals surface area contributed by atoms with Gasteiger partial charge in [0.1, 0.15) is 0 Å². The van der Waals surface area contributed by atoms with E-state index in [1.54, 1.807) is 0 Å². The molecule has 0 unspecified atom stereocenters. The van der Waals surface area contributed by atoms with Crippen LogP contribution in [0.25, 0.3) is 0 Å². The van der Waals surface area contributed by atoms with Gasteiger partial charge in [0.15, 0.2) is 0 Å². The fourth-order valence-corrected chi connectivity index (χ4v) is 1.64. The molecule has 2 nitrogen and oxygen atoms in total. The highest BCUT2D eigenvalue weighted by Crippen LogP contribution is 2.40. The van der Waals surface area contributed by atoms with Gasteiger partial charge >= 0.3 is 0 Å². The van der Waals surface area contributed by atoms with E-state index in [1.165, 1.54) is 0 Å². The Bertz CT molecular complexity index is 232. The van der Waals surface area contributed by atoms with Crippen LogP contribution in [0.2, 0.25) is 0 Å². The SMILES string of the molecule is C[C@H]1C[C@@H]1C(=O)N[C@H]1C[C@@H]1C(F)F. The second kappa shape index (κ2) is 2.93. The summed E-state index contributed by atoms with van der Waals surface area (Å²) in [5, 5.41) is 2.66. The molecule has 2 fully saturated rings. The summed E-state index contributed by atoms with van der Waals surface area (Å²) >= 11 is 0. The highest BCUT2D eigenvalue weighted by molar-refractivity contribution is 5.82. The Hall–Kier alpha value is -0.670. The van der Waals surface area contributed by atoms with Gasteiger partial charge in [0.05, 0.1) is 0 Å². The molecule has 2 aliphatic rings. The average Bonchev–Trinajstić information content (AvgIpc) is 2.86. The Kier molecular flexibility index (Phi) is 2.00. The molecule has 2 rings (SSSR count). The van der Waals surface area contributed by atoms with E-state index in [2.05, 4.69) is 5.32 Å². The van der Waals surface area contributed by atoms with Crippen molar-refractivity contribution in [1.82, 2.24) is 5.32 Å². The molecule has 1 amide bonds. The first-order valence-electron chi connectivity index (χ1n) is 4.68. The quantitative estimate of drug-likeness (QED) is 0.714. The van der Waals surface area contributed by atoms with Crippen LogP contribution in [-0.4, -0.2) is 18.4 Å². The maximum absolute atomic E-state index is 12.1. The van der Waals surface area contributed by atoms with Crippen molar-refractivity contribution in [3.8, 4) is 0 Å². The van der Waals surface area contributed by atoms with E-state index in [0.29, 0.717) is 12.3 Å². The standard InChI is InChI=1S/C9H13F2NO/c1-4-2-5(4)9(13)12-7-3-6(7)8(10)11/h4-8H,2-3H2,1H3,(H,12,13)/t4-,5-,6-,7-/m0/s1. The molecule has 0 radical (unpaired) electrons. The van der Waals surface area contributed by atoms with Crippen molar-refractivity contribution >= 4 is 5.91 Å². The molecule has 4 atom stereocenters. The third-order valence-corrected chi connectivity index (χ3v) is 2.94. The van der Waals surface area contributed by atoms with Crippen LogP contribution in [-0.2, 0) is 4.79 Å². The van der Waals surface area contributed by atoms with Crippen LogP contribution in [0.3, 0.4) is 0 Å². The fraction of sp³-hybridized carbons (Fsp3) is 0.889. The van der Waals surface area contributed by atoms with E-state index in [9.17, 15) is 13.6 Å². The summed E-state index contributed by atoms with van der Waals surface area (Å²) in [5.74, 6) is -0.0682. The minimum absolute atomic E-state index is 0.0272. The van der Waals surface area contributed by atoms with Gasteiger partial charge in [-0.2, -0.15) is 0 Å². The van der Waals surface area contributed by atoms with E-state index in [-0.39, 0.29) is 17.9 Å². The molecule has 2 aliphatic carbocycles. The molecule has 0 aliphatic heterocycles. The van der Waals surface area contributed by atoms with Crippen LogP contribution in [0.1, 0.15) is 19.8 Å². The highest BCUT2D eigenvalue weighted by atomic mass is 19.3. The van der Waals surface area contributed by atoms with E-state index in [4.69, 9.17) is 0 Å². The molecule has 0 aromatic heterocycles. The fourth-order valence-electron chi connectivity index (χ4n) is 1.64. The summed E-state index contributed by atoms with van der Waals surface area (Å²) < 4.78 is 24.1. The Morgan fingerprint density at radius 3 is 2.46 bits per heavy atom. The van der Waals surface area contributed by atoms with E-state index in [0.717, 1.165) is 6.42 Å². The van der Waals surface area contributed by atoms with Gasteiger partial charge in [-0.15, -0.1) is 0 Å². The maximum Gasteiger partial charge on any atom is 0.243 e. The highest BCUT2D eigenvalue weighted by Gasteiger charge is 2.48. The molecule has 0 aromatic carbocycles. The third kappa shape index (κ3) is 1.81. The van der Waals surface area contributed by atoms with Crippen molar-refractivity contribution in [3.63, 3.8) is 0 Å². The van der Waals surface area contributed by atoms with Gasteiger partial charge in [-0.25, -0.2) is 8.78 Å². The molecule has 0 aromatic rings. The Balaban J connectivity index is 1.72. The number of alkyl halides is 2. The summed E-state index contributed by atoms with van der Waals surface area (Å²) in [6.45, 7) is 2.00. The van der Waals surface area contributed by atoms with Crippen LogP contribution in [0.5, 0.6) is 0 Å². The first-order chi connectivity index (χ1) is 6.09. The molecular formula is C9H13F2NO. The number of carbonyl (C=O) groups is 1. The number of hydrogen-bond donors (Lipinski definition) is 1. The van der Waals surface area contributed by atoms with Gasteiger partial charge < -0.3 is 5.32 Å². The lowest BCUT2D eigenvalue weighted by atomic mass is 10.3. The number of carbonyl (C=O) groups excluding carboxylic acids is 1. The zero-order valence-electron chi connectivity index (χ0n) is 7.47. The van der Waals surface area contributed by atoms with Crippen molar-refractivity contribution in [2.75, 3.05) is 0 Å². The van der Waals surface area contributed by atoms with Gasteiger partial charge in [-0.3, -0.25) is 4.79 Å². The Morgan fingerprint density at radius 2 is 2.08 bits per heavy atom. The van der Waals surface area contributed by atoms with Crippen molar-refractivity contribution in [2.45, 2.75) is 32.2 Å². The Labute approximate surface area is 75.7 Å². The van der Waals surface area contributed by atoms with Gasteiger partial charge in [-0.05, 0) is 18.8 Å². The molecule has 0 heterocycles. The molecule has 13 heavy (non-hydrogen) atoms. The summed E-state index contributed by atoms with van der Waals surface area (Å²) in [5.41, 5.74) is 0. The molecule has 4 heteroatoms. The number of rotatable bonds is 3. The zero-order chi connectivity index (χ0) is 9.59. The van der Waals surface area contributed by atoms with Crippen LogP contribution in [0.4, 0.5) is 8.78 Å². The third-order valence-electron chi connectivity index (χ3n) is 2.94. The van der Waals surface area contributed by atoms with Crippen LogP contribution in [0, 0.1) is 17.8 Å². The minimum Gasteiger partial charge on any atom is -0.353 e. The molecule has 74 valence electrons. The number of halogens is 2. The first-order valence-corrected chi connectivity index (χ1v) is 4.68. The van der Waals surface area contributed by atoms with E-state index in [1.807, 2.05) is 6.92 Å². The predicted octanol–water partition coefficient (Wildman–Crippen LogP) is 1.41. The summed E-state index contributed by atoms with van der Waals surface area (Å²) in [6, 6.07) is -0.250. The van der Waals surface area contributed by atoms with Crippen molar-refractivity contribution in [3.05, 3.63) is 0 Å². The second-order valence-corrected chi connectivity index (χ2v) is 4.17. The van der Waals surface area contributed by atoms with Crippen LogP contribution < -0.4 is 5.32 Å². The van der Waals surface area contributed by atoms with Crippen LogP contribution >= 0.6 is 0 Å². The van der Waals surface area contributed by atoms with Gasteiger partial charge in [0.25, 0.3) is 0 Å². The zero-order valence-corrected chi connectivity index (χ0v) is 7.47. The lowest BCUT2D eigenvalue weighted by Gasteiger charge is -2.02. The topological polar surface area (TPSA) is 29.1 Å². The number of hydrogen-bond acceptors (Lipinski definition) is 1. The van der Waals surface area contributed by atoms with Crippen molar-refractivity contribution in [2.24, 2.45) is 17.8 Å². The smallest absolute Gasteiger partial charge is 0.243 e. The molecule has 0 spiro atoms. The second-order valence-electron chi connectivity index (χ2n) is 4.17. The largest absolute Gasteiger partial charge is 0.353 e. The lowest BCUT2D eigenvalue weighted by Crippen LogP contribution is -2.29.